The number of halogens is 1. The van der Waals surface area contributed by atoms with Gasteiger partial charge in [-0.3, -0.25) is 4.99 Å². The SMILES string of the molecule is CCCCCCCCCC/N=C(/NCCCC)SC.Cl. The van der Waals surface area contributed by atoms with Crippen LogP contribution in [0.5, 0.6) is 0 Å². The van der Waals surface area contributed by atoms with Crippen molar-refractivity contribution in [2.75, 3.05) is 19.3 Å². The van der Waals surface area contributed by atoms with Gasteiger partial charge in [0.1, 0.15) is 0 Å². The Kier molecular flexibility index (Phi) is 21.4. The van der Waals surface area contributed by atoms with Crippen molar-refractivity contribution in [1.82, 2.24) is 5.32 Å². The second-order valence-electron chi connectivity index (χ2n) is 5.15. The third kappa shape index (κ3) is 16.2. The summed E-state index contributed by atoms with van der Waals surface area (Å²) in [5.41, 5.74) is 0. The molecule has 0 heterocycles. The molecule has 122 valence electrons. The predicted molar refractivity (Wildman–Crippen MR) is 98.6 cm³/mol. The molecule has 0 bridgehead atoms. The minimum atomic E-state index is 0. The van der Waals surface area contributed by atoms with E-state index in [1.54, 1.807) is 11.8 Å². The number of amidine groups is 1. The molecule has 2 nitrogen and oxygen atoms in total. The summed E-state index contributed by atoms with van der Waals surface area (Å²) in [4.78, 5) is 4.63. The number of unbranched alkanes of at least 4 members (excludes halogenated alkanes) is 8. The number of hydrogen-bond donors (Lipinski definition) is 1. The van der Waals surface area contributed by atoms with Gasteiger partial charge in [0.2, 0.25) is 0 Å². The molecule has 0 unspecified atom stereocenters. The molecule has 0 aliphatic heterocycles. The van der Waals surface area contributed by atoms with Crippen molar-refractivity contribution in [2.24, 2.45) is 4.99 Å². The van der Waals surface area contributed by atoms with E-state index in [1.807, 2.05) is 0 Å². The van der Waals surface area contributed by atoms with E-state index in [1.165, 1.54) is 64.2 Å². The summed E-state index contributed by atoms with van der Waals surface area (Å²) < 4.78 is 0. The first-order valence-corrected chi connectivity index (χ1v) is 9.39. The van der Waals surface area contributed by atoms with Crippen LogP contribution in [0.4, 0.5) is 0 Å². The standard InChI is InChI=1S/C16H34N2S.ClH/c1-4-6-8-9-10-11-12-13-15-18-16(19-3)17-14-7-5-2;/h4-15H2,1-3H3,(H,17,18);1H. The van der Waals surface area contributed by atoms with Gasteiger partial charge < -0.3 is 5.32 Å². The van der Waals surface area contributed by atoms with Gasteiger partial charge in [0.25, 0.3) is 0 Å². The lowest BCUT2D eigenvalue weighted by Crippen LogP contribution is -2.21. The molecule has 0 atom stereocenters. The quantitative estimate of drug-likeness (QED) is 0.285. The fourth-order valence-electron chi connectivity index (χ4n) is 1.99. The summed E-state index contributed by atoms with van der Waals surface area (Å²) >= 11 is 1.74. The topological polar surface area (TPSA) is 24.4 Å². The Labute approximate surface area is 137 Å². The summed E-state index contributed by atoms with van der Waals surface area (Å²) in [6.07, 6.45) is 15.6. The average molecular weight is 323 g/mol. The molecule has 0 saturated heterocycles. The molecule has 0 aromatic rings. The second kappa shape index (κ2) is 19.1. The molecule has 0 amide bonds. The molecule has 0 radical (unpaired) electrons. The van der Waals surface area contributed by atoms with E-state index in [0.29, 0.717) is 0 Å². The van der Waals surface area contributed by atoms with Crippen LogP contribution in [0.25, 0.3) is 0 Å². The number of nitrogens with zero attached hydrogens (tertiary/aromatic N) is 1. The molecule has 0 aliphatic rings. The van der Waals surface area contributed by atoms with Gasteiger partial charge in [-0.05, 0) is 19.1 Å². The summed E-state index contributed by atoms with van der Waals surface area (Å²) in [7, 11) is 0. The molecule has 0 rings (SSSR count). The van der Waals surface area contributed by atoms with Crippen molar-refractivity contribution in [3.8, 4) is 0 Å². The van der Waals surface area contributed by atoms with Crippen LogP contribution in [-0.4, -0.2) is 24.5 Å². The Morgan fingerprint density at radius 2 is 1.40 bits per heavy atom. The van der Waals surface area contributed by atoms with Crippen molar-refractivity contribution in [3.63, 3.8) is 0 Å². The van der Waals surface area contributed by atoms with E-state index in [2.05, 4.69) is 30.4 Å². The number of nitrogens with one attached hydrogen (secondary N) is 1. The van der Waals surface area contributed by atoms with E-state index in [4.69, 9.17) is 0 Å². The van der Waals surface area contributed by atoms with Crippen LogP contribution in [0.15, 0.2) is 4.99 Å². The third-order valence-corrected chi connectivity index (χ3v) is 3.93. The lowest BCUT2D eigenvalue weighted by atomic mass is 10.1. The predicted octanol–water partition coefficient (Wildman–Crippen LogP) is 5.66. The van der Waals surface area contributed by atoms with Gasteiger partial charge >= 0.3 is 0 Å². The Balaban J connectivity index is 0. The first kappa shape index (κ1) is 22.4. The fourth-order valence-corrected chi connectivity index (χ4v) is 2.46. The normalized spacial score (nSPS) is 11.2. The fraction of sp³-hybridized carbons (Fsp3) is 0.938. The minimum absolute atomic E-state index is 0. The highest BCUT2D eigenvalue weighted by atomic mass is 35.5. The summed E-state index contributed by atoms with van der Waals surface area (Å²) in [5.74, 6) is 0. The van der Waals surface area contributed by atoms with Crippen LogP contribution in [-0.2, 0) is 0 Å². The van der Waals surface area contributed by atoms with Gasteiger partial charge in [-0.1, -0.05) is 77.0 Å². The molecule has 0 aromatic heterocycles. The third-order valence-electron chi connectivity index (χ3n) is 3.27. The van der Waals surface area contributed by atoms with E-state index in [-0.39, 0.29) is 12.4 Å². The van der Waals surface area contributed by atoms with Gasteiger partial charge in [-0.15, -0.1) is 12.4 Å². The van der Waals surface area contributed by atoms with Crippen molar-refractivity contribution in [1.29, 1.82) is 0 Å². The highest BCUT2D eigenvalue weighted by molar-refractivity contribution is 8.13. The Morgan fingerprint density at radius 1 is 0.850 bits per heavy atom. The maximum Gasteiger partial charge on any atom is 0.156 e. The first-order chi connectivity index (χ1) is 9.35. The highest BCUT2D eigenvalue weighted by Gasteiger charge is 1.95. The number of rotatable bonds is 12. The number of hydrogen-bond acceptors (Lipinski definition) is 2. The van der Waals surface area contributed by atoms with Crippen LogP contribution < -0.4 is 5.32 Å². The summed E-state index contributed by atoms with van der Waals surface area (Å²) in [6.45, 7) is 6.55. The molecule has 0 saturated carbocycles. The molecule has 0 aromatic carbocycles. The summed E-state index contributed by atoms with van der Waals surface area (Å²) in [6, 6.07) is 0. The molecular formula is C16H35ClN2S. The van der Waals surface area contributed by atoms with Crippen molar-refractivity contribution in [3.05, 3.63) is 0 Å². The van der Waals surface area contributed by atoms with E-state index >= 15 is 0 Å². The maximum atomic E-state index is 4.63. The Hall–Kier alpha value is 0.110. The van der Waals surface area contributed by atoms with Gasteiger partial charge in [-0.25, -0.2) is 0 Å². The zero-order valence-corrected chi connectivity index (χ0v) is 15.4. The summed E-state index contributed by atoms with van der Waals surface area (Å²) in [5, 5.41) is 4.53. The van der Waals surface area contributed by atoms with Crippen LogP contribution in [0.1, 0.15) is 78.1 Å². The molecular weight excluding hydrogens is 288 g/mol. The van der Waals surface area contributed by atoms with E-state index < -0.39 is 0 Å². The van der Waals surface area contributed by atoms with E-state index in [0.717, 1.165) is 18.3 Å². The van der Waals surface area contributed by atoms with Gasteiger partial charge in [0, 0.05) is 13.1 Å². The molecule has 4 heteroatoms. The van der Waals surface area contributed by atoms with Gasteiger partial charge in [-0.2, -0.15) is 0 Å². The second-order valence-corrected chi connectivity index (χ2v) is 5.94. The average Bonchev–Trinajstić information content (AvgIpc) is 2.43. The van der Waals surface area contributed by atoms with Crippen molar-refractivity contribution >= 4 is 29.3 Å². The van der Waals surface area contributed by atoms with Crippen LogP contribution in [0.3, 0.4) is 0 Å². The lowest BCUT2D eigenvalue weighted by Gasteiger charge is -2.06. The van der Waals surface area contributed by atoms with Crippen molar-refractivity contribution < 1.29 is 0 Å². The maximum absolute atomic E-state index is 4.63. The highest BCUT2D eigenvalue weighted by Crippen LogP contribution is 2.08. The molecule has 0 spiro atoms. The van der Waals surface area contributed by atoms with E-state index in [9.17, 15) is 0 Å². The smallest absolute Gasteiger partial charge is 0.156 e. The molecule has 1 N–H and O–H groups in total. The molecule has 0 aliphatic carbocycles. The zero-order valence-electron chi connectivity index (χ0n) is 13.7. The van der Waals surface area contributed by atoms with Gasteiger partial charge in [0.05, 0.1) is 0 Å². The molecule has 0 fully saturated rings. The number of aliphatic imine (C=N–C) groups is 1. The van der Waals surface area contributed by atoms with Gasteiger partial charge in [0.15, 0.2) is 5.17 Å². The largest absolute Gasteiger partial charge is 0.365 e. The molecule has 20 heavy (non-hydrogen) atoms. The zero-order chi connectivity index (χ0) is 14.2. The lowest BCUT2D eigenvalue weighted by molar-refractivity contribution is 0.578. The Bertz CT molecular complexity index is 211. The Morgan fingerprint density at radius 3 is 1.95 bits per heavy atom. The van der Waals surface area contributed by atoms with Crippen LogP contribution in [0.2, 0.25) is 0 Å². The van der Waals surface area contributed by atoms with Crippen molar-refractivity contribution in [2.45, 2.75) is 78.1 Å². The van der Waals surface area contributed by atoms with Crippen LogP contribution >= 0.6 is 24.2 Å². The monoisotopic (exact) mass is 322 g/mol. The van der Waals surface area contributed by atoms with Crippen LogP contribution in [0, 0.1) is 0 Å². The minimum Gasteiger partial charge on any atom is -0.365 e. The first-order valence-electron chi connectivity index (χ1n) is 8.17. The number of thioether (sulfide) groups is 1.